The molecule has 2 heterocycles. The van der Waals surface area contributed by atoms with Gasteiger partial charge < -0.3 is 5.32 Å². The molecule has 0 aliphatic heterocycles. The van der Waals surface area contributed by atoms with Crippen LogP contribution in [0.3, 0.4) is 0 Å². The number of rotatable bonds is 5. The highest BCUT2D eigenvalue weighted by atomic mass is 79.9. The molecule has 2 aromatic rings. The predicted octanol–water partition coefficient (Wildman–Crippen LogP) is 2.17. The van der Waals surface area contributed by atoms with Gasteiger partial charge in [-0.2, -0.15) is 5.10 Å². The monoisotopic (exact) mass is 309 g/mol. The highest BCUT2D eigenvalue weighted by molar-refractivity contribution is 9.10. The summed E-state index contributed by atoms with van der Waals surface area (Å²) >= 11 is 3.34. The molecule has 0 aliphatic carbocycles. The van der Waals surface area contributed by atoms with Crippen molar-refractivity contribution in [1.29, 1.82) is 0 Å². The van der Waals surface area contributed by atoms with Crippen LogP contribution in [-0.2, 0) is 6.54 Å². The highest BCUT2D eigenvalue weighted by Gasteiger charge is 2.02. The fraction of sp³-hybridized carbons (Fsp3) is 0.417. The maximum atomic E-state index is 4.29. The molecule has 96 valence electrons. The van der Waals surface area contributed by atoms with Gasteiger partial charge in [-0.15, -0.1) is 0 Å². The van der Waals surface area contributed by atoms with Gasteiger partial charge in [-0.25, -0.2) is 14.6 Å². The molecule has 5 nitrogen and oxygen atoms in total. The van der Waals surface area contributed by atoms with E-state index >= 15 is 0 Å². The molecule has 0 saturated carbocycles. The summed E-state index contributed by atoms with van der Waals surface area (Å²) in [6.45, 7) is 6.15. The van der Waals surface area contributed by atoms with Gasteiger partial charge in [-0.3, -0.25) is 0 Å². The average molecular weight is 310 g/mol. The number of hydrogen-bond acceptors (Lipinski definition) is 4. The van der Waals surface area contributed by atoms with E-state index in [0.717, 1.165) is 23.1 Å². The van der Waals surface area contributed by atoms with E-state index in [2.05, 4.69) is 50.2 Å². The molecule has 0 radical (unpaired) electrons. The van der Waals surface area contributed by atoms with Gasteiger partial charge in [0.05, 0.1) is 10.7 Å². The molecule has 2 rings (SSSR count). The maximum absolute atomic E-state index is 4.29. The lowest BCUT2D eigenvalue weighted by Crippen LogP contribution is -2.19. The summed E-state index contributed by atoms with van der Waals surface area (Å²) < 4.78 is 2.55. The quantitative estimate of drug-likeness (QED) is 0.919. The molecule has 6 heteroatoms. The third-order valence-electron chi connectivity index (χ3n) is 2.33. The fourth-order valence-corrected chi connectivity index (χ4v) is 1.76. The highest BCUT2D eigenvalue weighted by Crippen LogP contribution is 2.09. The van der Waals surface area contributed by atoms with Crippen molar-refractivity contribution in [2.75, 3.05) is 6.54 Å². The summed E-state index contributed by atoms with van der Waals surface area (Å²) in [5, 5.41) is 7.48. The van der Waals surface area contributed by atoms with Crippen molar-refractivity contribution in [3.63, 3.8) is 0 Å². The molecule has 1 N–H and O–H groups in total. The topological polar surface area (TPSA) is 55.6 Å². The largest absolute Gasteiger partial charge is 0.312 e. The van der Waals surface area contributed by atoms with Crippen LogP contribution < -0.4 is 5.32 Å². The summed E-state index contributed by atoms with van der Waals surface area (Å²) in [6.07, 6.45) is 7.18. The second-order valence-corrected chi connectivity index (χ2v) is 5.43. The molecular formula is C12H16BrN5. The second kappa shape index (κ2) is 6.06. The molecular weight excluding hydrogens is 294 g/mol. The Morgan fingerprint density at radius 2 is 2.00 bits per heavy atom. The van der Waals surface area contributed by atoms with Gasteiger partial charge in [0.2, 0.25) is 5.95 Å². The Morgan fingerprint density at radius 3 is 2.56 bits per heavy atom. The van der Waals surface area contributed by atoms with Gasteiger partial charge in [0.15, 0.2) is 0 Å². The van der Waals surface area contributed by atoms with E-state index in [4.69, 9.17) is 0 Å². The van der Waals surface area contributed by atoms with Crippen molar-refractivity contribution in [2.45, 2.75) is 20.4 Å². The zero-order valence-corrected chi connectivity index (χ0v) is 12.1. The van der Waals surface area contributed by atoms with Gasteiger partial charge >= 0.3 is 0 Å². The molecule has 0 aromatic carbocycles. The van der Waals surface area contributed by atoms with Crippen LogP contribution in [0, 0.1) is 5.92 Å². The number of hydrogen-bond donors (Lipinski definition) is 1. The first-order chi connectivity index (χ1) is 8.65. The standard InChI is InChI=1S/C12H16BrN5/c1-9(2)3-14-4-10-5-15-12(16-6-10)18-8-11(13)7-17-18/h5-9,14H,3-4H2,1-2H3. The van der Waals surface area contributed by atoms with Crippen LogP contribution in [0.5, 0.6) is 0 Å². The first kappa shape index (κ1) is 13.2. The van der Waals surface area contributed by atoms with Gasteiger partial charge in [-0.05, 0) is 28.4 Å². The van der Waals surface area contributed by atoms with Gasteiger partial charge in [0, 0.05) is 30.7 Å². The van der Waals surface area contributed by atoms with Crippen LogP contribution >= 0.6 is 15.9 Å². The van der Waals surface area contributed by atoms with Crippen LogP contribution in [-0.4, -0.2) is 26.3 Å². The Kier molecular flexibility index (Phi) is 4.43. The summed E-state index contributed by atoms with van der Waals surface area (Å²) in [5.74, 6) is 1.22. The molecule has 0 bridgehead atoms. The summed E-state index contributed by atoms with van der Waals surface area (Å²) in [5.41, 5.74) is 1.07. The van der Waals surface area contributed by atoms with Crippen LogP contribution in [0.25, 0.3) is 5.95 Å². The Bertz CT molecular complexity index is 491. The molecule has 2 aromatic heterocycles. The minimum absolute atomic E-state index is 0.577. The zero-order chi connectivity index (χ0) is 13.0. The smallest absolute Gasteiger partial charge is 0.250 e. The van der Waals surface area contributed by atoms with Crippen molar-refractivity contribution in [3.8, 4) is 5.95 Å². The fourth-order valence-electron chi connectivity index (χ4n) is 1.47. The third-order valence-corrected chi connectivity index (χ3v) is 2.74. The van der Waals surface area contributed by atoms with Gasteiger partial charge in [-0.1, -0.05) is 13.8 Å². The Morgan fingerprint density at radius 1 is 1.28 bits per heavy atom. The molecule has 0 unspecified atom stereocenters. The van der Waals surface area contributed by atoms with E-state index in [1.807, 2.05) is 18.6 Å². The summed E-state index contributed by atoms with van der Waals surface area (Å²) in [6, 6.07) is 0. The molecule has 0 atom stereocenters. The summed E-state index contributed by atoms with van der Waals surface area (Å²) in [4.78, 5) is 8.58. The third kappa shape index (κ3) is 3.61. The van der Waals surface area contributed by atoms with Gasteiger partial charge in [0.25, 0.3) is 0 Å². The number of halogens is 1. The van der Waals surface area contributed by atoms with Crippen LogP contribution in [0.15, 0.2) is 29.3 Å². The second-order valence-electron chi connectivity index (χ2n) is 4.52. The molecule has 18 heavy (non-hydrogen) atoms. The SMILES string of the molecule is CC(C)CNCc1cnc(-n2cc(Br)cn2)nc1. The van der Waals surface area contributed by atoms with E-state index in [0.29, 0.717) is 11.9 Å². The Hall–Kier alpha value is -1.27. The molecule has 0 fully saturated rings. The van der Waals surface area contributed by atoms with Crippen LogP contribution in [0.1, 0.15) is 19.4 Å². The minimum Gasteiger partial charge on any atom is -0.312 e. The van der Waals surface area contributed by atoms with E-state index in [1.54, 1.807) is 10.9 Å². The lowest BCUT2D eigenvalue weighted by Gasteiger charge is -2.07. The molecule has 0 amide bonds. The van der Waals surface area contributed by atoms with E-state index in [1.165, 1.54) is 0 Å². The molecule has 0 saturated heterocycles. The first-order valence-corrected chi connectivity index (χ1v) is 6.66. The number of nitrogens with zero attached hydrogens (tertiary/aromatic N) is 4. The Labute approximate surface area is 115 Å². The minimum atomic E-state index is 0.577. The average Bonchev–Trinajstić information content (AvgIpc) is 2.76. The maximum Gasteiger partial charge on any atom is 0.250 e. The van der Waals surface area contributed by atoms with Crippen molar-refractivity contribution < 1.29 is 0 Å². The van der Waals surface area contributed by atoms with Gasteiger partial charge in [0.1, 0.15) is 0 Å². The van der Waals surface area contributed by atoms with Crippen LogP contribution in [0.4, 0.5) is 0 Å². The van der Waals surface area contributed by atoms with E-state index in [9.17, 15) is 0 Å². The van der Waals surface area contributed by atoms with E-state index < -0.39 is 0 Å². The van der Waals surface area contributed by atoms with E-state index in [-0.39, 0.29) is 0 Å². The lowest BCUT2D eigenvalue weighted by molar-refractivity contribution is 0.551. The van der Waals surface area contributed by atoms with Crippen molar-refractivity contribution in [3.05, 3.63) is 34.8 Å². The Balaban J connectivity index is 1.97. The van der Waals surface area contributed by atoms with Crippen molar-refractivity contribution in [2.24, 2.45) is 5.92 Å². The number of aromatic nitrogens is 4. The normalized spacial score (nSPS) is 11.1. The number of nitrogens with one attached hydrogen (secondary N) is 1. The predicted molar refractivity (Wildman–Crippen MR) is 73.4 cm³/mol. The summed E-state index contributed by atoms with van der Waals surface area (Å²) in [7, 11) is 0. The lowest BCUT2D eigenvalue weighted by atomic mass is 10.2. The van der Waals surface area contributed by atoms with Crippen molar-refractivity contribution in [1.82, 2.24) is 25.1 Å². The zero-order valence-electron chi connectivity index (χ0n) is 10.5. The molecule has 0 aliphatic rings. The van der Waals surface area contributed by atoms with Crippen molar-refractivity contribution >= 4 is 15.9 Å². The molecule has 0 spiro atoms. The first-order valence-electron chi connectivity index (χ1n) is 5.87. The van der Waals surface area contributed by atoms with Crippen LogP contribution in [0.2, 0.25) is 0 Å².